The molecule has 1 heterocycles. The van der Waals surface area contributed by atoms with E-state index in [1.807, 2.05) is 49.4 Å². The standard InChI is InChI=1S/C18H18N4O3S/c1-12(25-13-8-4-3-5-9-13)16-21-22-18(26-16)20-17(23)19-14-10-6-7-11-15(14)24-2/h3-12H,1-2H3,(H2,19,20,22,23)/t12-/m1/s1. The van der Waals surface area contributed by atoms with Crippen molar-refractivity contribution in [2.45, 2.75) is 13.0 Å². The molecule has 0 radical (unpaired) electrons. The van der Waals surface area contributed by atoms with Gasteiger partial charge in [-0.15, -0.1) is 10.2 Å². The maximum absolute atomic E-state index is 12.2. The first-order valence-corrected chi connectivity index (χ1v) is 8.73. The van der Waals surface area contributed by atoms with Crippen LogP contribution in [0.25, 0.3) is 0 Å². The molecule has 0 saturated carbocycles. The summed E-state index contributed by atoms with van der Waals surface area (Å²) in [5.41, 5.74) is 0.568. The summed E-state index contributed by atoms with van der Waals surface area (Å²) < 4.78 is 11.0. The molecular formula is C18H18N4O3S. The summed E-state index contributed by atoms with van der Waals surface area (Å²) in [5.74, 6) is 1.32. The number of methoxy groups -OCH3 is 1. The fourth-order valence-corrected chi connectivity index (χ4v) is 2.92. The molecule has 3 rings (SSSR count). The third-order valence-corrected chi connectivity index (χ3v) is 4.42. The van der Waals surface area contributed by atoms with E-state index < -0.39 is 6.03 Å². The molecule has 3 aromatic rings. The number of aromatic nitrogens is 2. The van der Waals surface area contributed by atoms with Crippen LogP contribution in [-0.4, -0.2) is 23.3 Å². The Morgan fingerprint density at radius 2 is 1.77 bits per heavy atom. The molecule has 0 fully saturated rings. The van der Waals surface area contributed by atoms with Crippen LogP contribution < -0.4 is 20.1 Å². The summed E-state index contributed by atoms with van der Waals surface area (Å²) in [6, 6.07) is 16.2. The number of carbonyl (C=O) groups excluding carboxylic acids is 1. The van der Waals surface area contributed by atoms with Crippen molar-refractivity contribution in [3.63, 3.8) is 0 Å². The molecule has 0 spiro atoms. The third-order valence-electron chi connectivity index (χ3n) is 3.42. The maximum atomic E-state index is 12.2. The van der Waals surface area contributed by atoms with Crippen LogP contribution in [0.1, 0.15) is 18.0 Å². The molecule has 134 valence electrons. The quantitative estimate of drug-likeness (QED) is 0.674. The predicted octanol–water partition coefficient (Wildman–Crippen LogP) is 4.33. The molecule has 2 aromatic carbocycles. The van der Waals surface area contributed by atoms with Crippen molar-refractivity contribution >= 4 is 28.2 Å². The Kier molecular flexibility index (Phi) is 5.65. The van der Waals surface area contributed by atoms with Crippen molar-refractivity contribution < 1.29 is 14.3 Å². The first kappa shape index (κ1) is 17.7. The molecule has 7 nitrogen and oxygen atoms in total. The minimum absolute atomic E-state index is 0.275. The number of urea groups is 1. The summed E-state index contributed by atoms with van der Waals surface area (Å²) in [6.07, 6.45) is -0.275. The van der Waals surface area contributed by atoms with Crippen LogP contribution in [0, 0.1) is 0 Å². The van der Waals surface area contributed by atoms with Crippen LogP contribution in [0.5, 0.6) is 11.5 Å². The van der Waals surface area contributed by atoms with Gasteiger partial charge in [0.2, 0.25) is 5.13 Å². The lowest BCUT2D eigenvalue weighted by Gasteiger charge is -2.11. The van der Waals surface area contributed by atoms with E-state index in [0.717, 1.165) is 5.75 Å². The summed E-state index contributed by atoms with van der Waals surface area (Å²) >= 11 is 1.26. The van der Waals surface area contributed by atoms with Gasteiger partial charge in [-0.1, -0.05) is 41.7 Å². The zero-order chi connectivity index (χ0) is 18.4. The molecule has 2 amide bonds. The summed E-state index contributed by atoms with van der Waals surface area (Å²) in [7, 11) is 1.55. The molecular weight excluding hydrogens is 352 g/mol. The van der Waals surface area contributed by atoms with Gasteiger partial charge in [0.15, 0.2) is 5.01 Å². The van der Waals surface area contributed by atoms with Crippen molar-refractivity contribution in [3.05, 3.63) is 59.6 Å². The lowest BCUT2D eigenvalue weighted by molar-refractivity contribution is 0.225. The largest absolute Gasteiger partial charge is 0.495 e. The van der Waals surface area contributed by atoms with Gasteiger partial charge in [0.1, 0.15) is 17.6 Å². The number of rotatable bonds is 6. The average molecular weight is 370 g/mol. The second-order valence-electron chi connectivity index (χ2n) is 5.30. The lowest BCUT2D eigenvalue weighted by Crippen LogP contribution is -2.19. The number of para-hydroxylation sites is 3. The number of anilines is 2. The third kappa shape index (κ3) is 4.48. The highest BCUT2D eigenvalue weighted by Crippen LogP contribution is 2.27. The van der Waals surface area contributed by atoms with Crippen molar-refractivity contribution in [1.29, 1.82) is 0 Å². The van der Waals surface area contributed by atoms with Crippen LogP contribution in [0.3, 0.4) is 0 Å². The van der Waals surface area contributed by atoms with Crippen molar-refractivity contribution in [1.82, 2.24) is 10.2 Å². The Hall–Kier alpha value is -3.13. The molecule has 0 aliphatic rings. The zero-order valence-electron chi connectivity index (χ0n) is 14.3. The molecule has 0 bridgehead atoms. The Morgan fingerprint density at radius 1 is 1.04 bits per heavy atom. The van der Waals surface area contributed by atoms with Crippen molar-refractivity contribution in [2.75, 3.05) is 17.7 Å². The Bertz CT molecular complexity index is 870. The van der Waals surface area contributed by atoms with Gasteiger partial charge >= 0.3 is 6.03 Å². The lowest BCUT2D eigenvalue weighted by atomic mass is 10.3. The minimum Gasteiger partial charge on any atom is -0.495 e. The van der Waals surface area contributed by atoms with Gasteiger partial charge in [-0.05, 0) is 31.2 Å². The summed E-state index contributed by atoms with van der Waals surface area (Å²) in [4.78, 5) is 12.2. The molecule has 1 atom stereocenters. The van der Waals surface area contributed by atoms with E-state index >= 15 is 0 Å². The van der Waals surface area contributed by atoms with E-state index in [4.69, 9.17) is 9.47 Å². The molecule has 26 heavy (non-hydrogen) atoms. The molecule has 1 aromatic heterocycles. The van der Waals surface area contributed by atoms with Gasteiger partial charge in [-0.3, -0.25) is 5.32 Å². The molecule has 0 aliphatic heterocycles. The van der Waals surface area contributed by atoms with Crippen molar-refractivity contribution in [3.8, 4) is 11.5 Å². The summed E-state index contributed by atoms with van der Waals surface area (Å²) in [5, 5.41) is 14.5. The highest BCUT2D eigenvalue weighted by Gasteiger charge is 2.15. The Labute approximate surface area is 155 Å². The zero-order valence-corrected chi connectivity index (χ0v) is 15.1. The van der Waals surface area contributed by atoms with Crippen molar-refractivity contribution in [2.24, 2.45) is 0 Å². The first-order chi connectivity index (χ1) is 12.7. The number of ether oxygens (including phenoxy) is 2. The second-order valence-corrected chi connectivity index (χ2v) is 6.31. The van der Waals surface area contributed by atoms with Crippen LogP contribution in [0.4, 0.5) is 15.6 Å². The average Bonchev–Trinajstić information content (AvgIpc) is 3.11. The SMILES string of the molecule is COc1ccccc1NC(=O)Nc1nnc([C@@H](C)Oc2ccccc2)s1. The van der Waals surface area contributed by atoms with Gasteiger partial charge in [-0.2, -0.15) is 0 Å². The van der Waals surface area contributed by atoms with Crippen LogP contribution >= 0.6 is 11.3 Å². The van der Waals surface area contributed by atoms with Gasteiger partial charge in [-0.25, -0.2) is 4.79 Å². The summed E-state index contributed by atoms with van der Waals surface area (Å²) in [6.45, 7) is 1.88. The van der Waals surface area contributed by atoms with E-state index in [1.165, 1.54) is 11.3 Å². The number of carbonyl (C=O) groups is 1. The van der Waals surface area contributed by atoms with Gasteiger partial charge in [0.05, 0.1) is 12.8 Å². The number of benzene rings is 2. The highest BCUT2D eigenvalue weighted by atomic mass is 32.1. The topological polar surface area (TPSA) is 85.4 Å². The molecule has 2 N–H and O–H groups in total. The van der Waals surface area contributed by atoms with E-state index in [2.05, 4.69) is 20.8 Å². The maximum Gasteiger partial charge on any atom is 0.325 e. The van der Waals surface area contributed by atoms with Crippen LogP contribution in [-0.2, 0) is 0 Å². The predicted molar refractivity (Wildman–Crippen MR) is 101 cm³/mol. The first-order valence-electron chi connectivity index (χ1n) is 7.92. The second kappa shape index (κ2) is 8.30. The minimum atomic E-state index is -0.422. The van der Waals surface area contributed by atoms with E-state index in [1.54, 1.807) is 19.2 Å². The molecule has 0 saturated heterocycles. The molecule has 8 heteroatoms. The molecule has 0 aliphatic carbocycles. The number of hydrogen-bond acceptors (Lipinski definition) is 6. The van der Waals surface area contributed by atoms with Gasteiger partial charge in [0.25, 0.3) is 0 Å². The van der Waals surface area contributed by atoms with Crippen LogP contribution in [0.2, 0.25) is 0 Å². The Morgan fingerprint density at radius 3 is 2.54 bits per heavy atom. The number of nitrogens with one attached hydrogen (secondary N) is 2. The van der Waals surface area contributed by atoms with Gasteiger partial charge < -0.3 is 14.8 Å². The normalized spacial score (nSPS) is 11.5. The Balaban J connectivity index is 1.60. The monoisotopic (exact) mass is 370 g/mol. The highest BCUT2D eigenvalue weighted by molar-refractivity contribution is 7.15. The van der Waals surface area contributed by atoms with Crippen LogP contribution in [0.15, 0.2) is 54.6 Å². The van der Waals surface area contributed by atoms with Gasteiger partial charge in [0, 0.05) is 0 Å². The number of amides is 2. The number of hydrogen-bond donors (Lipinski definition) is 2. The smallest absolute Gasteiger partial charge is 0.325 e. The number of nitrogens with zero attached hydrogens (tertiary/aromatic N) is 2. The van der Waals surface area contributed by atoms with E-state index in [-0.39, 0.29) is 6.10 Å². The van der Waals surface area contributed by atoms with E-state index in [9.17, 15) is 4.79 Å². The van der Waals surface area contributed by atoms with E-state index in [0.29, 0.717) is 21.6 Å². The fourth-order valence-electron chi connectivity index (χ4n) is 2.20. The fraction of sp³-hybridized carbons (Fsp3) is 0.167. The molecule has 0 unspecified atom stereocenters.